The number of aryl methyl sites for hydroxylation is 1. The van der Waals surface area contributed by atoms with Gasteiger partial charge in [-0.3, -0.25) is 4.98 Å². The summed E-state index contributed by atoms with van der Waals surface area (Å²) in [6.45, 7) is 2.12. The van der Waals surface area contributed by atoms with Crippen molar-refractivity contribution in [3.63, 3.8) is 0 Å². The number of halogens is 1. The number of benzene rings is 2. The zero-order valence-corrected chi connectivity index (χ0v) is 15.1. The van der Waals surface area contributed by atoms with Crippen LogP contribution in [0.3, 0.4) is 0 Å². The molecule has 0 amide bonds. The van der Waals surface area contributed by atoms with E-state index in [1.165, 1.54) is 23.5 Å². The van der Waals surface area contributed by atoms with Crippen LogP contribution in [0.15, 0.2) is 30.5 Å². The SMILES string of the molecule is COCc1cnc2c(-c3nc4c(CO)cc(F)cc4s3)cc(C)cc2n1. The van der Waals surface area contributed by atoms with E-state index in [0.29, 0.717) is 22.4 Å². The number of thiazole rings is 1. The van der Waals surface area contributed by atoms with Crippen molar-refractivity contribution >= 4 is 32.6 Å². The molecular formula is C19H16FN3O2S. The molecule has 132 valence electrons. The van der Waals surface area contributed by atoms with Crippen molar-refractivity contribution in [2.45, 2.75) is 20.1 Å². The second-order valence-corrected chi connectivity index (χ2v) is 7.09. The lowest BCUT2D eigenvalue weighted by atomic mass is 10.1. The quantitative estimate of drug-likeness (QED) is 0.589. The number of hydrogen-bond donors (Lipinski definition) is 1. The van der Waals surface area contributed by atoms with Crippen molar-refractivity contribution < 1.29 is 14.2 Å². The number of aliphatic hydroxyl groups excluding tert-OH is 1. The molecule has 0 saturated heterocycles. The van der Waals surface area contributed by atoms with Gasteiger partial charge in [0.1, 0.15) is 10.8 Å². The molecule has 0 fully saturated rings. The minimum Gasteiger partial charge on any atom is -0.392 e. The van der Waals surface area contributed by atoms with E-state index in [1.54, 1.807) is 13.3 Å². The predicted molar refractivity (Wildman–Crippen MR) is 99.5 cm³/mol. The van der Waals surface area contributed by atoms with Gasteiger partial charge in [0.05, 0.1) is 46.4 Å². The smallest absolute Gasteiger partial charge is 0.126 e. The summed E-state index contributed by atoms with van der Waals surface area (Å²) in [5.41, 5.74) is 5.24. The fraction of sp³-hybridized carbons (Fsp3) is 0.211. The Kier molecular flexibility index (Phi) is 4.36. The maximum absolute atomic E-state index is 13.8. The number of hydrogen-bond acceptors (Lipinski definition) is 6. The molecule has 0 radical (unpaired) electrons. The molecule has 0 aliphatic rings. The van der Waals surface area contributed by atoms with E-state index < -0.39 is 0 Å². The average Bonchev–Trinajstić information content (AvgIpc) is 3.04. The van der Waals surface area contributed by atoms with E-state index in [0.717, 1.165) is 32.9 Å². The minimum atomic E-state index is -0.380. The van der Waals surface area contributed by atoms with E-state index in [4.69, 9.17) is 4.74 Å². The Bertz CT molecular complexity index is 1130. The highest BCUT2D eigenvalue weighted by Gasteiger charge is 2.15. The van der Waals surface area contributed by atoms with Crippen LogP contribution in [0, 0.1) is 12.7 Å². The second kappa shape index (κ2) is 6.68. The molecule has 0 spiro atoms. The Hall–Kier alpha value is -2.48. The minimum absolute atomic E-state index is 0.258. The van der Waals surface area contributed by atoms with Gasteiger partial charge in [-0.2, -0.15) is 0 Å². The van der Waals surface area contributed by atoms with E-state index in [-0.39, 0.29) is 12.4 Å². The molecule has 0 saturated carbocycles. The lowest BCUT2D eigenvalue weighted by Crippen LogP contribution is -1.96. The Morgan fingerprint density at radius 3 is 2.77 bits per heavy atom. The van der Waals surface area contributed by atoms with Crippen LogP contribution >= 0.6 is 11.3 Å². The first-order valence-corrected chi connectivity index (χ1v) is 8.86. The van der Waals surface area contributed by atoms with Gasteiger partial charge in [-0.25, -0.2) is 14.4 Å². The van der Waals surface area contributed by atoms with Crippen molar-refractivity contribution in [2.75, 3.05) is 7.11 Å². The van der Waals surface area contributed by atoms with E-state index in [1.807, 2.05) is 19.1 Å². The molecule has 0 aliphatic carbocycles. The average molecular weight is 369 g/mol. The largest absolute Gasteiger partial charge is 0.392 e. The zero-order valence-electron chi connectivity index (χ0n) is 14.3. The van der Waals surface area contributed by atoms with Gasteiger partial charge < -0.3 is 9.84 Å². The standard InChI is InChI=1S/C19H16FN3O2S/c1-10-3-14(18-15(4-10)22-13(7-21-18)9-25-2)19-23-17-11(8-24)5-12(20)6-16(17)26-19/h3-7,24H,8-9H2,1-2H3. The van der Waals surface area contributed by atoms with Crippen LogP contribution in [-0.2, 0) is 18.0 Å². The van der Waals surface area contributed by atoms with Gasteiger partial charge in [0, 0.05) is 18.2 Å². The molecule has 2 heterocycles. The van der Waals surface area contributed by atoms with Crippen molar-refractivity contribution in [1.82, 2.24) is 15.0 Å². The number of methoxy groups -OCH3 is 1. The van der Waals surface area contributed by atoms with Gasteiger partial charge in [-0.1, -0.05) is 0 Å². The monoisotopic (exact) mass is 369 g/mol. The van der Waals surface area contributed by atoms with Crippen molar-refractivity contribution in [3.8, 4) is 10.6 Å². The van der Waals surface area contributed by atoms with Crippen molar-refractivity contribution in [2.24, 2.45) is 0 Å². The van der Waals surface area contributed by atoms with E-state index >= 15 is 0 Å². The highest BCUT2D eigenvalue weighted by molar-refractivity contribution is 7.21. The van der Waals surface area contributed by atoms with Crippen LogP contribution in [-0.4, -0.2) is 27.2 Å². The zero-order chi connectivity index (χ0) is 18.3. The Morgan fingerprint density at radius 2 is 2.00 bits per heavy atom. The first kappa shape index (κ1) is 17.0. The molecule has 1 N–H and O–H groups in total. The molecule has 2 aromatic carbocycles. The number of nitrogens with zero attached hydrogens (tertiary/aromatic N) is 3. The molecule has 0 aliphatic heterocycles. The van der Waals surface area contributed by atoms with Crippen LogP contribution in [0.25, 0.3) is 31.8 Å². The summed E-state index contributed by atoms with van der Waals surface area (Å²) in [5.74, 6) is -0.380. The third-order valence-corrected chi connectivity index (χ3v) is 5.11. The summed E-state index contributed by atoms with van der Waals surface area (Å²) in [5, 5.41) is 10.2. The highest BCUT2D eigenvalue weighted by Crippen LogP contribution is 2.36. The molecule has 26 heavy (non-hydrogen) atoms. The van der Waals surface area contributed by atoms with E-state index in [2.05, 4.69) is 15.0 Å². The number of rotatable bonds is 4. The number of aliphatic hydroxyl groups is 1. The topological polar surface area (TPSA) is 68.1 Å². The Balaban J connectivity index is 1.95. The second-order valence-electron chi connectivity index (χ2n) is 6.06. The maximum Gasteiger partial charge on any atom is 0.126 e. The van der Waals surface area contributed by atoms with Crippen LogP contribution in [0.1, 0.15) is 16.8 Å². The van der Waals surface area contributed by atoms with Gasteiger partial charge in [0.15, 0.2) is 0 Å². The molecule has 2 aromatic heterocycles. The van der Waals surface area contributed by atoms with Gasteiger partial charge in [-0.05, 0) is 36.8 Å². The normalized spacial score (nSPS) is 11.5. The lowest BCUT2D eigenvalue weighted by molar-refractivity contribution is 0.181. The molecule has 0 unspecified atom stereocenters. The Labute approximate surface area is 153 Å². The summed E-state index contributed by atoms with van der Waals surface area (Å²) >= 11 is 1.38. The first-order valence-electron chi connectivity index (χ1n) is 8.04. The third-order valence-electron chi connectivity index (χ3n) is 4.07. The number of aromatic nitrogens is 3. The summed E-state index contributed by atoms with van der Waals surface area (Å²) in [4.78, 5) is 13.8. The van der Waals surface area contributed by atoms with Crippen molar-refractivity contribution in [1.29, 1.82) is 0 Å². The lowest BCUT2D eigenvalue weighted by Gasteiger charge is -2.06. The fourth-order valence-electron chi connectivity index (χ4n) is 2.98. The van der Waals surface area contributed by atoms with Gasteiger partial charge >= 0.3 is 0 Å². The van der Waals surface area contributed by atoms with Crippen LogP contribution in [0.5, 0.6) is 0 Å². The number of fused-ring (bicyclic) bond motifs is 2. The first-order chi connectivity index (χ1) is 12.6. The number of ether oxygens (including phenoxy) is 1. The summed E-state index contributed by atoms with van der Waals surface area (Å²) in [6.07, 6.45) is 1.69. The summed E-state index contributed by atoms with van der Waals surface area (Å²) in [7, 11) is 1.62. The van der Waals surface area contributed by atoms with Gasteiger partial charge in [0.2, 0.25) is 0 Å². The van der Waals surface area contributed by atoms with Crippen LogP contribution in [0.4, 0.5) is 4.39 Å². The maximum atomic E-state index is 13.8. The molecule has 0 bridgehead atoms. The van der Waals surface area contributed by atoms with Crippen LogP contribution < -0.4 is 0 Å². The highest BCUT2D eigenvalue weighted by atomic mass is 32.1. The van der Waals surface area contributed by atoms with Gasteiger partial charge in [-0.15, -0.1) is 11.3 Å². The molecule has 0 atom stereocenters. The summed E-state index contributed by atoms with van der Waals surface area (Å²) in [6, 6.07) is 6.73. The third kappa shape index (κ3) is 2.94. The van der Waals surface area contributed by atoms with Crippen LogP contribution in [0.2, 0.25) is 0 Å². The van der Waals surface area contributed by atoms with E-state index in [9.17, 15) is 9.50 Å². The fourth-order valence-corrected chi connectivity index (χ4v) is 4.04. The predicted octanol–water partition coefficient (Wildman–Crippen LogP) is 3.99. The van der Waals surface area contributed by atoms with Gasteiger partial charge in [0.25, 0.3) is 0 Å². The molecule has 4 aromatic rings. The van der Waals surface area contributed by atoms with Crippen molar-refractivity contribution in [3.05, 3.63) is 53.1 Å². The molecular weight excluding hydrogens is 353 g/mol. The summed E-state index contributed by atoms with van der Waals surface area (Å²) < 4.78 is 19.6. The Morgan fingerprint density at radius 1 is 1.15 bits per heavy atom. The molecule has 4 rings (SSSR count). The molecule has 5 nitrogen and oxygen atoms in total. The molecule has 7 heteroatoms.